The number of hydrogen-bond donors (Lipinski definition) is 0. The summed E-state index contributed by atoms with van der Waals surface area (Å²) in [5.41, 5.74) is 0.800. The van der Waals surface area contributed by atoms with Gasteiger partial charge < -0.3 is 4.74 Å². The molecule has 1 aliphatic rings. The molecule has 3 aromatic rings. The van der Waals surface area contributed by atoms with Crippen LogP contribution in [0, 0.1) is 0 Å². The van der Waals surface area contributed by atoms with Gasteiger partial charge in [0.15, 0.2) is 11.6 Å². The zero-order valence-corrected chi connectivity index (χ0v) is 14.3. The Hall–Kier alpha value is -3.03. The molecule has 2 heterocycles. The van der Waals surface area contributed by atoms with Crippen molar-refractivity contribution in [1.29, 1.82) is 0 Å². The molecular weight excluding hydrogens is 357 g/mol. The topological polar surface area (TPSA) is 60.8 Å². The molecule has 0 N–H and O–H groups in total. The van der Waals surface area contributed by atoms with Gasteiger partial charge in [0.2, 0.25) is 0 Å². The summed E-state index contributed by atoms with van der Waals surface area (Å²) in [5.74, 6) is 1.13. The maximum Gasteiger partial charge on any atom is 0.416 e. The number of hydrogen-bond acceptors (Lipinski definition) is 5. The van der Waals surface area contributed by atoms with Crippen LogP contribution < -0.4 is 4.74 Å². The highest BCUT2D eigenvalue weighted by Gasteiger charge is 2.41. The molecule has 1 fully saturated rings. The molecule has 1 saturated carbocycles. The summed E-state index contributed by atoms with van der Waals surface area (Å²) >= 11 is 0. The molecule has 0 spiro atoms. The van der Waals surface area contributed by atoms with E-state index >= 15 is 0 Å². The number of ether oxygens (including phenoxy) is 1. The Morgan fingerprint density at radius 2 is 1.52 bits per heavy atom. The molecular formula is C19H15F3N4O. The predicted molar refractivity (Wildman–Crippen MR) is 91.2 cm³/mol. The summed E-state index contributed by atoms with van der Waals surface area (Å²) in [6, 6.07) is 5.57. The first-order valence-electron chi connectivity index (χ1n) is 8.31. The van der Waals surface area contributed by atoms with E-state index in [0.717, 1.165) is 18.1 Å². The lowest BCUT2D eigenvalue weighted by Gasteiger charge is -2.11. The van der Waals surface area contributed by atoms with Crippen molar-refractivity contribution in [2.45, 2.75) is 24.4 Å². The van der Waals surface area contributed by atoms with E-state index in [1.807, 2.05) is 0 Å². The minimum Gasteiger partial charge on any atom is -0.497 e. The SMILES string of the molecule is COc1cc(C2CC2c2cnc(-c3ncccn3)nc2)cc(C(F)(F)F)c1. The molecule has 2 unspecified atom stereocenters. The van der Waals surface area contributed by atoms with Gasteiger partial charge in [0.1, 0.15) is 5.75 Å². The number of methoxy groups -OCH3 is 1. The molecule has 1 aromatic carbocycles. The fraction of sp³-hybridized carbons (Fsp3) is 0.263. The Labute approximate surface area is 153 Å². The molecule has 4 rings (SSSR count). The lowest BCUT2D eigenvalue weighted by Crippen LogP contribution is -2.06. The number of benzene rings is 1. The Morgan fingerprint density at radius 1 is 0.889 bits per heavy atom. The third-order valence-corrected chi connectivity index (χ3v) is 4.58. The highest BCUT2D eigenvalue weighted by atomic mass is 19.4. The summed E-state index contributed by atoms with van der Waals surface area (Å²) < 4.78 is 44.4. The second-order valence-electron chi connectivity index (χ2n) is 6.35. The second kappa shape index (κ2) is 6.61. The van der Waals surface area contributed by atoms with E-state index in [1.54, 1.807) is 36.9 Å². The maximum absolute atomic E-state index is 13.1. The fourth-order valence-electron chi connectivity index (χ4n) is 3.11. The molecule has 2 atom stereocenters. The third kappa shape index (κ3) is 3.60. The smallest absolute Gasteiger partial charge is 0.416 e. The van der Waals surface area contributed by atoms with Crippen molar-refractivity contribution < 1.29 is 17.9 Å². The number of aromatic nitrogens is 4. The predicted octanol–water partition coefficient (Wildman–Crippen LogP) is 4.23. The Balaban J connectivity index is 1.56. The summed E-state index contributed by atoms with van der Waals surface area (Å²) in [7, 11) is 1.36. The van der Waals surface area contributed by atoms with Crippen LogP contribution in [0.15, 0.2) is 49.1 Å². The van der Waals surface area contributed by atoms with Crippen molar-refractivity contribution in [3.8, 4) is 17.4 Å². The lowest BCUT2D eigenvalue weighted by atomic mass is 10.0. The molecule has 0 amide bonds. The Morgan fingerprint density at radius 3 is 2.15 bits per heavy atom. The molecule has 0 aliphatic heterocycles. The molecule has 138 valence electrons. The van der Waals surface area contributed by atoms with Crippen molar-refractivity contribution in [3.05, 3.63) is 65.7 Å². The zero-order valence-electron chi connectivity index (χ0n) is 14.3. The van der Waals surface area contributed by atoms with Crippen molar-refractivity contribution in [2.24, 2.45) is 0 Å². The molecule has 8 heteroatoms. The molecule has 0 saturated heterocycles. The average molecular weight is 372 g/mol. The lowest BCUT2D eigenvalue weighted by molar-refractivity contribution is -0.137. The summed E-state index contributed by atoms with van der Waals surface area (Å²) in [6.07, 6.45) is 2.93. The van der Waals surface area contributed by atoms with Gasteiger partial charge in [0, 0.05) is 24.8 Å². The fourth-order valence-corrected chi connectivity index (χ4v) is 3.11. The van der Waals surface area contributed by atoms with Gasteiger partial charge >= 0.3 is 6.18 Å². The van der Waals surface area contributed by atoms with Crippen LogP contribution in [0.3, 0.4) is 0 Å². The van der Waals surface area contributed by atoms with Gasteiger partial charge in [-0.05, 0) is 53.6 Å². The summed E-state index contributed by atoms with van der Waals surface area (Å²) in [6.45, 7) is 0. The number of nitrogens with zero attached hydrogens (tertiary/aromatic N) is 4. The molecule has 0 radical (unpaired) electrons. The van der Waals surface area contributed by atoms with Crippen LogP contribution in [0.25, 0.3) is 11.6 Å². The van der Waals surface area contributed by atoms with E-state index < -0.39 is 11.7 Å². The van der Waals surface area contributed by atoms with Crippen LogP contribution in [0.2, 0.25) is 0 Å². The van der Waals surface area contributed by atoms with Crippen molar-refractivity contribution in [1.82, 2.24) is 19.9 Å². The van der Waals surface area contributed by atoms with Gasteiger partial charge in [-0.2, -0.15) is 13.2 Å². The van der Waals surface area contributed by atoms with E-state index in [4.69, 9.17) is 4.74 Å². The van der Waals surface area contributed by atoms with Crippen LogP contribution in [-0.2, 0) is 6.18 Å². The van der Waals surface area contributed by atoms with Crippen molar-refractivity contribution >= 4 is 0 Å². The van der Waals surface area contributed by atoms with E-state index in [-0.39, 0.29) is 17.6 Å². The standard InChI is InChI=1S/C19H15F3N4O/c1-27-14-6-11(5-13(7-14)19(20,21)22)15-8-16(15)12-9-25-18(26-10-12)17-23-3-2-4-24-17/h2-7,9-10,15-16H,8H2,1H3. The minimum absolute atomic E-state index is 0.0105. The van der Waals surface area contributed by atoms with Gasteiger partial charge in [-0.15, -0.1) is 0 Å². The van der Waals surface area contributed by atoms with Gasteiger partial charge in [0.05, 0.1) is 12.7 Å². The van der Waals surface area contributed by atoms with Gasteiger partial charge in [-0.3, -0.25) is 0 Å². The van der Waals surface area contributed by atoms with Crippen LogP contribution in [0.5, 0.6) is 5.75 Å². The van der Waals surface area contributed by atoms with Crippen LogP contribution in [0.4, 0.5) is 13.2 Å². The largest absolute Gasteiger partial charge is 0.497 e. The van der Waals surface area contributed by atoms with E-state index in [9.17, 15) is 13.2 Å². The number of halogens is 3. The zero-order chi connectivity index (χ0) is 19.0. The van der Waals surface area contributed by atoms with E-state index in [1.165, 1.54) is 13.2 Å². The summed E-state index contributed by atoms with van der Waals surface area (Å²) in [4.78, 5) is 16.8. The highest BCUT2D eigenvalue weighted by molar-refractivity contribution is 5.45. The molecule has 2 aromatic heterocycles. The number of alkyl halides is 3. The Kier molecular flexibility index (Phi) is 4.25. The molecule has 0 bridgehead atoms. The van der Waals surface area contributed by atoms with Crippen molar-refractivity contribution in [2.75, 3.05) is 7.11 Å². The minimum atomic E-state index is -4.41. The summed E-state index contributed by atoms with van der Waals surface area (Å²) in [5, 5.41) is 0. The molecule has 27 heavy (non-hydrogen) atoms. The first kappa shape index (κ1) is 17.4. The second-order valence-corrected chi connectivity index (χ2v) is 6.35. The maximum atomic E-state index is 13.1. The van der Waals surface area contributed by atoms with Crippen LogP contribution >= 0.6 is 0 Å². The van der Waals surface area contributed by atoms with E-state index in [0.29, 0.717) is 17.2 Å². The first-order chi connectivity index (χ1) is 13.0. The normalized spacial score (nSPS) is 19.0. The van der Waals surface area contributed by atoms with Crippen molar-refractivity contribution in [3.63, 3.8) is 0 Å². The van der Waals surface area contributed by atoms with Crippen LogP contribution in [0.1, 0.15) is 34.9 Å². The average Bonchev–Trinajstić information content (AvgIpc) is 3.49. The van der Waals surface area contributed by atoms with Gasteiger partial charge in [-0.1, -0.05) is 0 Å². The monoisotopic (exact) mass is 372 g/mol. The van der Waals surface area contributed by atoms with Gasteiger partial charge in [0.25, 0.3) is 0 Å². The van der Waals surface area contributed by atoms with Gasteiger partial charge in [-0.25, -0.2) is 19.9 Å². The molecule has 5 nitrogen and oxygen atoms in total. The molecule has 1 aliphatic carbocycles. The third-order valence-electron chi connectivity index (χ3n) is 4.58. The highest BCUT2D eigenvalue weighted by Crippen LogP contribution is 2.55. The number of rotatable bonds is 4. The quantitative estimate of drug-likeness (QED) is 0.686. The first-order valence-corrected chi connectivity index (χ1v) is 8.31. The van der Waals surface area contributed by atoms with E-state index in [2.05, 4.69) is 19.9 Å². The van der Waals surface area contributed by atoms with Crippen LogP contribution in [-0.4, -0.2) is 27.0 Å². The Bertz CT molecular complexity index is 945.